The van der Waals surface area contributed by atoms with Crippen LogP contribution in [0.15, 0.2) is 55.4 Å². The lowest BCUT2D eigenvalue weighted by atomic mass is 9.97. The number of hydrogen-bond acceptors (Lipinski definition) is 6. The average molecular weight is 548 g/mol. The third-order valence-corrected chi connectivity index (χ3v) is 6.83. The number of amides is 2. The Morgan fingerprint density at radius 3 is 2.87 bits per heavy atom. The van der Waals surface area contributed by atoms with E-state index in [0.29, 0.717) is 47.7 Å². The van der Waals surface area contributed by atoms with Crippen LogP contribution in [0.2, 0.25) is 5.02 Å². The first-order valence-electron chi connectivity index (χ1n) is 12.9. The minimum atomic E-state index is -0.271. The van der Waals surface area contributed by atoms with Gasteiger partial charge in [-0.25, -0.2) is 9.97 Å². The fraction of sp³-hybridized carbons (Fsp3) is 0.310. The number of aromatic amines is 1. The zero-order chi connectivity index (χ0) is 27.9. The average Bonchev–Trinajstić information content (AvgIpc) is 3.29. The van der Waals surface area contributed by atoms with Crippen LogP contribution in [0.4, 0.5) is 17.3 Å². The molecule has 204 valence electrons. The van der Waals surface area contributed by atoms with Crippen LogP contribution in [0.5, 0.6) is 0 Å². The molecule has 2 aromatic heterocycles. The van der Waals surface area contributed by atoms with E-state index in [9.17, 15) is 9.59 Å². The number of carbonyl (C=O) groups excluding carboxylic acids is 2. The van der Waals surface area contributed by atoms with Crippen molar-refractivity contribution in [2.45, 2.75) is 19.8 Å². The van der Waals surface area contributed by atoms with Crippen LogP contribution in [0.3, 0.4) is 0 Å². The van der Waals surface area contributed by atoms with Gasteiger partial charge < -0.3 is 25.4 Å². The summed E-state index contributed by atoms with van der Waals surface area (Å²) in [5, 5.41) is 6.62. The number of benzene rings is 1. The summed E-state index contributed by atoms with van der Waals surface area (Å²) in [6.07, 6.45) is 10.1. The molecule has 2 amide bonds. The molecule has 3 heterocycles. The van der Waals surface area contributed by atoms with Gasteiger partial charge in [-0.05, 0) is 52.1 Å². The first-order valence-corrected chi connectivity index (χ1v) is 13.2. The molecule has 10 heteroatoms. The van der Waals surface area contributed by atoms with Crippen LogP contribution in [-0.2, 0) is 9.59 Å². The maximum atomic E-state index is 13.1. The van der Waals surface area contributed by atoms with Crippen LogP contribution in [0.25, 0.3) is 17.3 Å². The number of nitrogens with zero attached hydrogens (tertiary/aromatic N) is 4. The summed E-state index contributed by atoms with van der Waals surface area (Å²) in [7, 11) is 3.90. The van der Waals surface area contributed by atoms with Crippen molar-refractivity contribution in [1.82, 2.24) is 24.8 Å². The molecule has 1 aliphatic rings. The Balaban J connectivity index is 1.42. The lowest BCUT2D eigenvalue weighted by Crippen LogP contribution is -2.43. The SMILES string of the molecule is C=Cc1c(-c2nc(Nc3cccc(NC(=O)C4CCCN(C(=O)C=CCN(C)C)C4)c3)ncc2Cl)c[nH]c1C. The van der Waals surface area contributed by atoms with Crippen molar-refractivity contribution >= 4 is 46.8 Å². The van der Waals surface area contributed by atoms with E-state index in [0.717, 1.165) is 29.7 Å². The summed E-state index contributed by atoms with van der Waals surface area (Å²) >= 11 is 6.42. The highest BCUT2D eigenvalue weighted by Crippen LogP contribution is 2.32. The van der Waals surface area contributed by atoms with Crippen molar-refractivity contribution in [1.29, 1.82) is 0 Å². The second-order valence-corrected chi connectivity index (χ2v) is 10.2. The van der Waals surface area contributed by atoms with Crippen LogP contribution in [-0.4, -0.2) is 70.3 Å². The highest BCUT2D eigenvalue weighted by Gasteiger charge is 2.27. The summed E-state index contributed by atoms with van der Waals surface area (Å²) in [6, 6.07) is 7.35. The van der Waals surface area contributed by atoms with Gasteiger partial charge in [-0.3, -0.25) is 9.59 Å². The number of nitrogens with one attached hydrogen (secondary N) is 3. The Bertz CT molecular complexity index is 1380. The van der Waals surface area contributed by atoms with Gasteiger partial charge >= 0.3 is 0 Å². The quantitative estimate of drug-likeness (QED) is 0.321. The topological polar surface area (TPSA) is 106 Å². The van der Waals surface area contributed by atoms with Gasteiger partial charge in [-0.15, -0.1) is 0 Å². The van der Waals surface area contributed by atoms with E-state index < -0.39 is 0 Å². The summed E-state index contributed by atoms with van der Waals surface area (Å²) in [5.41, 5.74) is 4.68. The molecule has 4 rings (SSSR count). The lowest BCUT2D eigenvalue weighted by molar-refractivity contribution is -0.130. The van der Waals surface area contributed by atoms with E-state index in [2.05, 4.69) is 32.2 Å². The van der Waals surface area contributed by atoms with Crippen molar-refractivity contribution < 1.29 is 9.59 Å². The number of hydrogen-bond donors (Lipinski definition) is 3. The second-order valence-electron chi connectivity index (χ2n) is 9.82. The molecule has 1 saturated heterocycles. The normalized spacial score (nSPS) is 15.5. The molecular weight excluding hydrogens is 514 g/mol. The number of piperidine rings is 1. The molecule has 0 spiro atoms. The predicted octanol–water partition coefficient (Wildman–Crippen LogP) is 5.12. The fourth-order valence-electron chi connectivity index (χ4n) is 4.52. The van der Waals surface area contributed by atoms with Gasteiger partial charge in [-0.2, -0.15) is 0 Å². The van der Waals surface area contributed by atoms with Gasteiger partial charge in [0.2, 0.25) is 17.8 Å². The monoisotopic (exact) mass is 547 g/mol. The number of aromatic nitrogens is 3. The summed E-state index contributed by atoms with van der Waals surface area (Å²) in [4.78, 5) is 41.5. The Kier molecular flexibility index (Phi) is 9.16. The van der Waals surface area contributed by atoms with E-state index in [4.69, 9.17) is 11.6 Å². The highest BCUT2D eigenvalue weighted by molar-refractivity contribution is 6.33. The van der Waals surface area contributed by atoms with Crippen molar-refractivity contribution in [2.24, 2.45) is 5.92 Å². The standard InChI is InChI=1S/C29H34ClN7O2/c1-5-23-19(2)31-16-24(23)27-25(30)17-32-29(35-27)34-22-11-6-10-21(15-22)33-28(39)20-9-7-14-37(18-20)26(38)12-8-13-36(3)4/h5-6,8,10-12,15-17,20,31H,1,7,9,13-14,18H2,2-4H3,(H,33,39)(H,32,34,35). The Morgan fingerprint density at radius 2 is 2.10 bits per heavy atom. The number of rotatable bonds is 9. The van der Waals surface area contributed by atoms with Crippen LogP contribution < -0.4 is 10.6 Å². The maximum absolute atomic E-state index is 13.1. The molecule has 3 aromatic rings. The summed E-state index contributed by atoms with van der Waals surface area (Å²) in [5.74, 6) is -0.0623. The van der Waals surface area contributed by atoms with Crippen molar-refractivity contribution in [2.75, 3.05) is 44.4 Å². The van der Waals surface area contributed by atoms with Crippen molar-refractivity contribution in [3.63, 3.8) is 0 Å². The smallest absolute Gasteiger partial charge is 0.246 e. The number of likely N-dealkylation sites (tertiary alicyclic amines) is 1. The van der Waals surface area contributed by atoms with Gasteiger partial charge in [0.1, 0.15) is 0 Å². The molecule has 0 aliphatic carbocycles. The third kappa shape index (κ3) is 7.13. The van der Waals surface area contributed by atoms with Crippen LogP contribution in [0, 0.1) is 12.8 Å². The van der Waals surface area contributed by atoms with Gasteiger partial charge in [-0.1, -0.05) is 36.4 Å². The summed E-state index contributed by atoms with van der Waals surface area (Å²) < 4.78 is 0. The number of halogens is 1. The van der Waals surface area contributed by atoms with Gasteiger partial charge in [0, 0.05) is 60.1 Å². The molecule has 1 aromatic carbocycles. The Morgan fingerprint density at radius 1 is 1.31 bits per heavy atom. The van der Waals surface area contributed by atoms with E-state index >= 15 is 0 Å². The molecule has 39 heavy (non-hydrogen) atoms. The molecule has 9 nitrogen and oxygen atoms in total. The molecule has 3 N–H and O–H groups in total. The fourth-order valence-corrected chi connectivity index (χ4v) is 4.72. The molecule has 1 fully saturated rings. The Hall–Kier alpha value is -3.95. The number of aryl methyl sites for hydroxylation is 1. The van der Waals surface area contributed by atoms with Gasteiger partial charge in [0.25, 0.3) is 0 Å². The number of H-pyrrole nitrogens is 1. The van der Waals surface area contributed by atoms with E-state index in [1.165, 1.54) is 0 Å². The van der Waals surface area contributed by atoms with E-state index in [1.54, 1.807) is 23.2 Å². The molecule has 0 saturated carbocycles. The largest absolute Gasteiger partial charge is 0.364 e. The molecule has 0 radical (unpaired) electrons. The zero-order valence-electron chi connectivity index (χ0n) is 22.5. The van der Waals surface area contributed by atoms with Gasteiger partial charge in [0.15, 0.2) is 0 Å². The van der Waals surface area contributed by atoms with Gasteiger partial charge in [0.05, 0.1) is 22.8 Å². The third-order valence-electron chi connectivity index (χ3n) is 6.55. The minimum Gasteiger partial charge on any atom is -0.364 e. The first-order chi connectivity index (χ1) is 18.7. The van der Waals surface area contributed by atoms with E-state index in [-0.39, 0.29) is 17.7 Å². The predicted molar refractivity (Wildman–Crippen MR) is 157 cm³/mol. The Labute approximate surface area is 234 Å². The molecule has 1 aliphatic heterocycles. The highest BCUT2D eigenvalue weighted by atomic mass is 35.5. The molecule has 1 unspecified atom stereocenters. The van der Waals surface area contributed by atoms with Crippen molar-refractivity contribution in [3.8, 4) is 11.3 Å². The molecule has 0 bridgehead atoms. The van der Waals surface area contributed by atoms with Crippen LogP contribution in [0.1, 0.15) is 24.1 Å². The minimum absolute atomic E-state index is 0.0575. The molecular formula is C29H34ClN7O2. The molecule has 1 atom stereocenters. The van der Waals surface area contributed by atoms with Crippen molar-refractivity contribution in [3.05, 3.63) is 71.7 Å². The first kappa shape index (κ1) is 28.1. The second kappa shape index (κ2) is 12.7. The lowest BCUT2D eigenvalue weighted by Gasteiger charge is -2.31. The summed E-state index contributed by atoms with van der Waals surface area (Å²) in [6.45, 7) is 7.60. The van der Waals surface area contributed by atoms with E-state index in [1.807, 2.05) is 62.5 Å². The number of likely N-dealkylation sites (N-methyl/N-ethyl adjacent to an activating group) is 1. The number of anilines is 3. The van der Waals surface area contributed by atoms with Crippen LogP contribution >= 0.6 is 11.6 Å². The number of carbonyl (C=O) groups is 2. The maximum Gasteiger partial charge on any atom is 0.246 e. The zero-order valence-corrected chi connectivity index (χ0v) is 23.3.